The van der Waals surface area contributed by atoms with Crippen LogP contribution in [0.15, 0.2) is 12.2 Å². The van der Waals surface area contributed by atoms with E-state index < -0.39 is 5.92 Å². The third kappa shape index (κ3) is 5.37. The van der Waals surface area contributed by atoms with Crippen LogP contribution in [0.2, 0.25) is 0 Å². The number of aldehydes is 1. The topological polar surface area (TPSA) is 63.2 Å². The van der Waals surface area contributed by atoms with E-state index in [9.17, 15) is 14.4 Å². The molecule has 1 unspecified atom stereocenters. The van der Waals surface area contributed by atoms with Crippen molar-refractivity contribution in [2.24, 2.45) is 11.8 Å². The molecule has 0 radical (unpaired) electrons. The van der Waals surface area contributed by atoms with Crippen LogP contribution in [0.5, 0.6) is 0 Å². The maximum absolute atomic E-state index is 11.5. The zero-order valence-corrected chi connectivity index (χ0v) is 11.6. The van der Waals surface area contributed by atoms with Crippen LogP contribution in [0.4, 0.5) is 0 Å². The Bertz CT molecular complexity index is 349. The lowest BCUT2D eigenvalue weighted by atomic mass is 9.87. The Kier molecular flexibility index (Phi) is 7.08. The van der Waals surface area contributed by atoms with Crippen LogP contribution >= 0.6 is 0 Å². The van der Waals surface area contributed by atoms with Crippen LogP contribution in [0.1, 0.15) is 51.9 Å². The Balaban J connectivity index is 2.22. The number of unbranched alkanes of at least 4 members (excludes halogenated alkanes) is 3. The molecule has 0 spiro atoms. The van der Waals surface area contributed by atoms with Gasteiger partial charge in [-0.1, -0.05) is 31.9 Å². The van der Waals surface area contributed by atoms with Gasteiger partial charge in [0.15, 0.2) is 0 Å². The molecule has 1 aliphatic rings. The number of amides is 2. The van der Waals surface area contributed by atoms with Gasteiger partial charge in [-0.3, -0.25) is 14.9 Å². The van der Waals surface area contributed by atoms with Crippen molar-refractivity contribution in [3.05, 3.63) is 12.2 Å². The van der Waals surface area contributed by atoms with Gasteiger partial charge in [0.1, 0.15) is 6.29 Å². The minimum atomic E-state index is -0.440. The van der Waals surface area contributed by atoms with Crippen molar-refractivity contribution in [1.82, 2.24) is 5.32 Å². The normalized spacial score (nSPS) is 20.8. The minimum Gasteiger partial charge on any atom is -0.303 e. The lowest BCUT2D eigenvalue weighted by Gasteiger charge is -2.14. The van der Waals surface area contributed by atoms with Gasteiger partial charge in [-0.2, -0.15) is 0 Å². The molecule has 1 fully saturated rings. The molecule has 0 aromatic rings. The first-order chi connectivity index (χ1) is 9.19. The van der Waals surface area contributed by atoms with Gasteiger partial charge in [0.05, 0.1) is 5.92 Å². The molecule has 1 N–H and O–H groups in total. The standard InChI is InChI=1S/C15H23NO3/c1-2-3-4-5-6-7-8-9-12(11-17)13-10-14(18)16-15(13)19/h3-4,11-13H,2,5-10H2,1H3,(H,16,18,19)/b4-3-/t12-,13?/m1/s1. The molecule has 0 saturated carbocycles. The van der Waals surface area contributed by atoms with Gasteiger partial charge in [-0.25, -0.2) is 0 Å². The Morgan fingerprint density at radius 1 is 1.26 bits per heavy atom. The largest absolute Gasteiger partial charge is 0.303 e. The average molecular weight is 265 g/mol. The summed E-state index contributed by atoms with van der Waals surface area (Å²) < 4.78 is 0. The molecular weight excluding hydrogens is 242 g/mol. The molecule has 1 heterocycles. The Morgan fingerprint density at radius 2 is 2.05 bits per heavy atom. The molecule has 1 aliphatic heterocycles. The molecule has 4 heteroatoms. The molecule has 2 amide bonds. The SMILES string of the molecule is CC/C=C\CCCCC[C@H](C=O)C1CC(=O)NC1=O. The fourth-order valence-electron chi connectivity index (χ4n) is 2.39. The van der Waals surface area contributed by atoms with E-state index in [1.54, 1.807) is 0 Å². The summed E-state index contributed by atoms with van der Waals surface area (Å²) in [5, 5.41) is 2.26. The first-order valence-electron chi connectivity index (χ1n) is 7.13. The molecular formula is C15H23NO3. The first kappa shape index (κ1) is 15.6. The average Bonchev–Trinajstić information content (AvgIpc) is 2.72. The molecule has 0 aromatic carbocycles. The molecule has 0 aromatic heterocycles. The summed E-state index contributed by atoms with van der Waals surface area (Å²) in [7, 11) is 0. The Labute approximate surface area is 114 Å². The molecule has 0 aliphatic carbocycles. The van der Waals surface area contributed by atoms with Gasteiger partial charge in [-0.15, -0.1) is 0 Å². The van der Waals surface area contributed by atoms with E-state index in [1.807, 2.05) is 0 Å². The molecule has 1 saturated heterocycles. The highest BCUT2D eigenvalue weighted by Crippen LogP contribution is 2.24. The van der Waals surface area contributed by atoms with E-state index in [-0.39, 0.29) is 24.2 Å². The van der Waals surface area contributed by atoms with E-state index in [1.165, 1.54) is 0 Å². The monoisotopic (exact) mass is 265 g/mol. The van der Waals surface area contributed by atoms with E-state index in [4.69, 9.17) is 0 Å². The second kappa shape index (κ2) is 8.62. The Morgan fingerprint density at radius 3 is 2.63 bits per heavy atom. The predicted molar refractivity (Wildman–Crippen MR) is 73.3 cm³/mol. The van der Waals surface area contributed by atoms with E-state index in [0.717, 1.165) is 38.4 Å². The smallest absolute Gasteiger partial charge is 0.230 e. The van der Waals surface area contributed by atoms with Crippen molar-refractivity contribution >= 4 is 18.1 Å². The van der Waals surface area contributed by atoms with Crippen molar-refractivity contribution in [2.45, 2.75) is 51.9 Å². The fourth-order valence-corrected chi connectivity index (χ4v) is 2.39. The molecule has 1 rings (SSSR count). The van der Waals surface area contributed by atoms with E-state index >= 15 is 0 Å². The number of hydrogen-bond acceptors (Lipinski definition) is 3. The summed E-state index contributed by atoms with van der Waals surface area (Å²) in [6.07, 6.45) is 11.3. The summed E-state index contributed by atoms with van der Waals surface area (Å²) in [4.78, 5) is 33.6. The summed E-state index contributed by atoms with van der Waals surface area (Å²) in [5.74, 6) is -1.29. The van der Waals surface area contributed by atoms with Crippen molar-refractivity contribution in [1.29, 1.82) is 0 Å². The highest BCUT2D eigenvalue weighted by Gasteiger charge is 2.36. The number of hydrogen-bond donors (Lipinski definition) is 1. The maximum Gasteiger partial charge on any atom is 0.230 e. The summed E-state index contributed by atoms with van der Waals surface area (Å²) in [5.41, 5.74) is 0. The molecule has 0 bridgehead atoms. The second-order valence-electron chi connectivity index (χ2n) is 5.04. The highest BCUT2D eigenvalue weighted by molar-refractivity contribution is 6.04. The molecule has 106 valence electrons. The molecule has 2 atom stereocenters. The predicted octanol–water partition coefficient (Wildman–Crippen LogP) is 2.38. The van der Waals surface area contributed by atoms with Gasteiger partial charge in [0, 0.05) is 12.3 Å². The lowest BCUT2D eigenvalue weighted by Crippen LogP contribution is -2.26. The Hall–Kier alpha value is -1.45. The van der Waals surface area contributed by atoms with Crippen LogP contribution < -0.4 is 5.32 Å². The molecule has 19 heavy (non-hydrogen) atoms. The third-order valence-electron chi connectivity index (χ3n) is 3.51. The number of carbonyl (C=O) groups excluding carboxylic acids is 3. The number of imide groups is 1. The van der Waals surface area contributed by atoms with Crippen molar-refractivity contribution in [3.63, 3.8) is 0 Å². The summed E-state index contributed by atoms with van der Waals surface area (Å²) in [6.45, 7) is 2.11. The lowest BCUT2D eigenvalue weighted by molar-refractivity contribution is -0.128. The number of carbonyl (C=O) groups is 3. The fraction of sp³-hybridized carbons (Fsp3) is 0.667. The summed E-state index contributed by atoms with van der Waals surface area (Å²) >= 11 is 0. The molecule has 4 nitrogen and oxygen atoms in total. The van der Waals surface area contributed by atoms with Crippen molar-refractivity contribution in [2.75, 3.05) is 0 Å². The van der Waals surface area contributed by atoms with E-state index in [0.29, 0.717) is 6.42 Å². The van der Waals surface area contributed by atoms with Gasteiger partial charge in [0.2, 0.25) is 11.8 Å². The zero-order chi connectivity index (χ0) is 14.1. The van der Waals surface area contributed by atoms with Crippen molar-refractivity contribution < 1.29 is 14.4 Å². The second-order valence-corrected chi connectivity index (χ2v) is 5.04. The van der Waals surface area contributed by atoms with Crippen LogP contribution in [0, 0.1) is 11.8 Å². The minimum absolute atomic E-state index is 0.168. The van der Waals surface area contributed by atoms with E-state index in [2.05, 4.69) is 24.4 Å². The highest BCUT2D eigenvalue weighted by atomic mass is 16.2. The van der Waals surface area contributed by atoms with Gasteiger partial charge >= 0.3 is 0 Å². The summed E-state index contributed by atoms with van der Waals surface area (Å²) in [6, 6.07) is 0. The zero-order valence-electron chi connectivity index (χ0n) is 11.6. The number of rotatable bonds is 9. The van der Waals surface area contributed by atoms with Crippen LogP contribution in [0.3, 0.4) is 0 Å². The third-order valence-corrected chi connectivity index (χ3v) is 3.51. The van der Waals surface area contributed by atoms with Crippen LogP contribution in [0.25, 0.3) is 0 Å². The number of allylic oxidation sites excluding steroid dienone is 2. The van der Waals surface area contributed by atoms with Crippen LogP contribution in [-0.4, -0.2) is 18.1 Å². The number of nitrogens with one attached hydrogen (secondary N) is 1. The van der Waals surface area contributed by atoms with Gasteiger partial charge in [-0.05, 0) is 25.7 Å². The van der Waals surface area contributed by atoms with Crippen LogP contribution in [-0.2, 0) is 14.4 Å². The van der Waals surface area contributed by atoms with Gasteiger partial charge in [0.25, 0.3) is 0 Å². The van der Waals surface area contributed by atoms with Gasteiger partial charge < -0.3 is 4.79 Å². The van der Waals surface area contributed by atoms with Crippen molar-refractivity contribution in [3.8, 4) is 0 Å². The quantitative estimate of drug-likeness (QED) is 0.301. The maximum atomic E-state index is 11.5. The first-order valence-corrected chi connectivity index (χ1v) is 7.13.